The van der Waals surface area contributed by atoms with E-state index in [0.29, 0.717) is 19.5 Å². The third-order valence-electron chi connectivity index (χ3n) is 2.40. The molecule has 8 heteroatoms. The van der Waals surface area contributed by atoms with Crippen LogP contribution in [0.1, 0.15) is 19.8 Å². The first-order chi connectivity index (χ1) is 8.42. The van der Waals surface area contributed by atoms with Crippen LogP contribution in [0.3, 0.4) is 0 Å². The molecule has 1 unspecified atom stereocenters. The first kappa shape index (κ1) is 15.5. The fourth-order valence-corrected chi connectivity index (χ4v) is 1.42. The summed E-state index contributed by atoms with van der Waals surface area (Å²) in [5.41, 5.74) is 10.4. The van der Waals surface area contributed by atoms with E-state index in [-0.39, 0.29) is 17.8 Å². The summed E-state index contributed by atoms with van der Waals surface area (Å²) >= 11 is 0. The zero-order valence-electron chi connectivity index (χ0n) is 10.3. The van der Waals surface area contributed by atoms with E-state index in [1.165, 1.54) is 0 Å². The topological polar surface area (TPSA) is 154 Å². The van der Waals surface area contributed by atoms with Gasteiger partial charge in [0, 0.05) is 13.1 Å². The molecule has 0 aliphatic heterocycles. The lowest BCUT2D eigenvalue weighted by Gasteiger charge is -2.19. The predicted octanol–water partition coefficient (Wildman–Crippen LogP) is -0.244. The minimum absolute atomic E-state index is 0.154. The number of nitrogens with zero attached hydrogens (tertiary/aromatic N) is 4. The summed E-state index contributed by atoms with van der Waals surface area (Å²) in [4.78, 5) is 2.21. The van der Waals surface area contributed by atoms with E-state index in [2.05, 4.69) is 0 Å². The number of hydrogen-bond acceptors (Lipinski definition) is 4. The molecule has 0 aliphatic rings. The second-order valence-corrected chi connectivity index (χ2v) is 3.98. The predicted molar refractivity (Wildman–Crippen MR) is 66.9 cm³/mol. The van der Waals surface area contributed by atoms with Crippen LogP contribution in [0, 0.1) is 39.6 Å². The molecule has 0 fully saturated rings. The molecule has 0 aliphatic carbocycles. The van der Waals surface area contributed by atoms with E-state index in [4.69, 9.17) is 32.8 Å². The first-order valence-electron chi connectivity index (χ1n) is 5.45. The van der Waals surface area contributed by atoms with Crippen LogP contribution in [0.25, 0.3) is 0 Å². The minimum atomic E-state index is -0.272. The van der Waals surface area contributed by atoms with E-state index < -0.39 is 0 Å². The van der Waals surface area contributed by atoms with Crippen molar-refractivity contribution >= 4 is 11.9 Å². The molecule has 0 rings (SSSR count). The Bertz CT molecular complexity index is 376. The monoisotopic (exact) mass is 250 g/mol. The zero-order chi connectivity index (χ0) is 14.1. The van der Waals surface area contributed by atoms with Gasteiger partial charge in [-0.2, -0.15) is 10.5 Å². The van der Waals surface area contributed by atoms with E-state index in [9.17, 15) is 0 Å². The first-order valence-corrected chi connectivity index (χ1v) is 5.45. The van der Waals surface area contributed by atoms with E-state index in [1.54, 1.807) is 0 Å². The summed E-state index contributed by atoms with van der Waals surface area (Å²) in [6.45, 7) is 2.68. The van der Waals surface area contributed by atoms with Crippen molar-refractivity contribution < 1.29 is 0 Å². The Balaban J connectivity index is 4.02. The molecular weight excluding hydrogens is 232 g/mol. The van der Waals surface area contributed by atoms with Gasteiger partial charge in [0.15, 0.2) is 12.4 Å². The van der Waals surface area contributed by atoms with Gasteiger partial charge in [-0.25, -0.2) is 9.80 Å². The van der Waals surface area contributed by atoms with Crippen LogP contribution in [0.2, 0.25) is 0 Å². The normalized spacial score (nSPS) is 10.8. The van der Waals surface area contributed by atoms with Crippen molar-refractivity contribution in [2.75, 3.05) is 13.1 Å². The van der Waals surface area contributed by atoms with Gasteiger partial charge in [-0.3, -0.25) is 10.8 Å². The third kappa shape index (κ3) is 5.56. The molecule has 18 heavy (non-hydrogen) atoms. The molecule has 0 amide bonds. The average Bonchev–Trinajstić information content (AvgIpc) is 2.30. The van der Waals surface area contributed by atoms with Crippen LogP contribution in [-0.2, 0) is 0 Å². The lowest BCUT2D eigenvalue weighted by Crippen LogP contribution is -2.36. The fourth-order valence-electron chi connectivity index (χ4n) is 1.42. The molecule has 0 aromatic rings. The van der Waals surface area contributed by atoms with Gasteiger partial charge in [0.1, 0.15) is 0 Å². The quantitative estimate of drug-likeness (QED) is 0.221. The molecule has 6 N–H and O–H groups in total. The molecule has 0 spiro atoms. The minimum Gasteiger partial charge on any atom is -0.369 e. The average molecular weight is 250 g/mol. The highest BCUT2D eigenvalue weighted by Gasteiger charge is 2.12. The standard InChI is InChI=1S/C10H18N8/c1-8(5-18(7-12)10(15)16)3-2-4-17(6-11)9(13)14/h8H,2-5H2,1H3,(H3,13,14)(H3,15,16). The van der Waals surface area contributed by atoms with Crippen molar-refractivity contribution in [3.8, 4) is 12.4 Å². The third-order valence-corrected chi connectivity index (χ3v) is 2.40. The van der Waals surface area contributed by atoms with E-state index >= 15 is 0 Å². The van der Waals surface area contributed by atoms with Gasteiger partial charge in [0.05, 0.1) is 0 Å². The van der Waals surface area contributed by atoms with Crippen LogP contribution in [0.5, 0.6) is 0 Å². The fraction of sp³-hybridized carbons (Fsp3) is 0.600. The second-order valence-electron chi connectivity index (χ2n) is 3.98. The van der Waals surface area contributed by atoms with Crippen LogP contribution in [0.4, 0.5) is 0 Å². The van der Waals surface area contributed by atoms with E-state index in [1.807, 2.05) is 19.3 Å². The molecule has 0 aromatic carbocycles. The van der Waals surface area contributed by atoms with Gasteiger partial charge in [-0.05, 0) is 18.8 Å². The molecule has 0 saturated heterocycles. The number of rotatable bonds is 6. The zero-order valence-corrected chi connectivity index (χ0v) is 10.3. The highest BCUT2D eigenvalue weighted by molar-refractivity contribution is 5.76. The number of guanidine groups is 2. The summed E-state index contributed by atoms with van der Waals surface area (Å²) in [7, 11) is 0. The molecule has 98 valence electrons. The summed E-state index contributed by atoms with van der Waals surface area (Å²) in [5.74, 6) is -0.389. The van der Waals surface area contributed by atoms with Crippen LogP contribution in [0.15, 0.2) is 0 Å². The van der Waals surface area contributed by atoms with Gasteiger partial charge in [-0.15, -0.1) is 0 Å². The van der Waals surface area contributed by atoms with Gasteiger partial charge < -0.3 is 11.5 Å². The molecule has 1 atom stereocenters. The Labute approximate surface area is 106 Å². The Kier molecular flexibility index (Phi) is 6.67. The SMILES string of the molecule is CC(CCCN(C#N)C(=N)N)CN(C#N)C(=N)N. The smallest absolute Gasteiger partial charge is 0.201 e. The summed E-state index contributed by atoms with van der Waals surface area (Å²) < 4.78 is 0. The Morgan fingerprint density at radius 2 is 1.67 bits per heavy atom. The number of nitrogens with two attached hydrogens (primary N) is 2. The number of hydrogen-bond donors (Lipinski definition) is 4. The maximum Gasteiger partial charge on any atom is 0.201 e. The molecule has 0 heterocycles. The van der Waals surface area contributed by atoms with Crippen molar-refractivity contribution in [1.82, 2.24) is 9.80 Å². The maximum atomic E-state index is 8.73. The van der Waals surface area contributed by atoms with Crippen molar-refractivity contribution in [1.29, 1.82) is 21.3 Å². The van der Waals surface area contributed by atoms with Crippen LogP contribution >= 0.6 is 0 Å². The highest BCUT2D eigenvalue weighted by atomic mass is 15.2. The molecule has 8 nitrogen and oxygen atoms in total. The van der Waals surface area contributed by atoms with Crippen molar-refractivity contribution in [3.63, 3.8) is 0 Å². The van der Waals surface area contributed by atoms with Crippen molar-refractivity contribution in [2.45, 2.75) is 19.8 Å². The highest BCUT2D eigenvalue weighted by Crippen LogP contribution is 2.08. The Morgan fingerprint density at radius 1 is 1.17 bits per heavy atom. The molecule has 0 radical (unpaired) electrons. The maximum absolute atomic E-state index is 8.73. The summed E-state index contributed by atoms with van der Waals surface area (Å²) in [6, 6.07) is 0. The molecule has 0 aromatic heterocycles. The Hall–Kier alpha value is -2.48. The van der Waals surface area contributed by atoms with Gasteiger partial charge in [0.2, 0.25) is 11.9 Å². The van der Waals surface area contributed by atoms with E-state index in [0.717, 1.165) is 16.2 Å². The molecular formula is C10H18N8. The van der Waals surface area contributed by atoms with Gasteiger partial charge in [-0.1, -0.05) is 6.92 Å². The van der Waals surface area contributed by atoms with Crippen molar-refractivity contribution in [3.05, 3.63) is 0 Å². The largest absolute Gasteiger partial charge is 0.369 e. The lowest BCUT2D eigenvalue weighted by atomic mass is 10.1. The summed E-state index contributed by atoms with van der Waals surface area (Å²) in [5, 5.41) is 31.7. The number of nitrogens with one attached hydrogen (secondary N) is 2. The van der Waals surface area contributed by atoms with Gasteiger partial charge >= 0.3 is 0 Å². The van der Waals surface area contributed by atoms with Crippen molar-refractivity contribution in [2.24, 2.45) is 17.4 Å². The molecule has 0 saturated carbocycles. The van der Waals surface area contributed by atoms with Gasteiger partial charge in [0.25, 0.3) is 0 Å². The number of nitriles is 2. The molecule has 0 bridgehead atoms. The second kappa shape index (κ2) is 7.74. The summed E-state index contributed by atoms with van der Waals surface area (Å²) in [6.07, 6.45) is 5.06. The Morgan fingerprint density at radius 3 is 2.06 bits per heavy atom. The lowest BCUT2D eigenvalue weighted by molar-refractivity contribution is 0.391. The van der Waals surface area contributed by atoms with Crippen LogP contribution < -0.4 is 11.5 Å². The van der Waals surface area contributed by atoms with Crippen LogP contribution in [-0.4, -0.2) is 34.8 Å².